The number of alkyl halides is 1. The Labute approximate surface area is 98.7 Å². The highest BCUT2D eigenvalue weighted by Crippen LogP contribution is 2.28. The molecule has 0 spiro atoms. The fraction of sp³-hybridized carbons (Fsp3) is 0.571. The molecule has 1 heteroatoms. The van der Waals surface area contributed by atoms with Crippen LogP contribution in [0.3, 0.4) is 0 Å². The maximum absolute atomic E-state index is 6.00. The van der Waals surface area contributed by atoms with E-state index in [1.54, 1.807) is 0 Å². The number of hydrogen-bond acceptors (Lipinski definition) is 0. The van der Waals surface area contributed by atoms with Crippen LogP contribution in [0.15, 0.2) is 18.2 Å². The smallest absolute Gasteiger partial charge is 0.0477 e. The normalized spacial score (nSPS) is 12.2. The molecule has 0 fully saturated rings. The molecule has 0 radical (unpaired) electrons. The molecular formula is C14H21Cl. The lowest BCUT2D eigenvalue weighted by molar-refractivity contribution is 0.589. The van der Waals surface area contributed by atoms with Gasteiger partial charge in [-0.05, 0) is 28.0 Å². The van der Waals surface area contributed by atoms with E-state index in [4.69, 9.17) is 11.6 Å². The van der Waals surface area contributed by atoms with Gasteiger partial charge in [0, 0.05) is 5.88 Å². The van der Waals surface area contributed by atoms with Crippen molar-refractivity contribution < 1.29 is 0 Å². The van der Waals surface area contributed by atoms with Gasteiger partial charge in [0.1, 0.15) is 0 Å². The minimum absolute atomic E-state index is 0.205. The largest absolute Gasteiger partial charge is 0.122 e. The second kappa shape index (κ2) is 4.57. The minimum Gasteiger partial charge on any atom is -0.122 e. The molecule has 1 aromatic carbocycles. The number of hydrogen-bond donors (Lipinski definition) is 0. The van der Waals surface area contributed by atoms with Gasteiger partial charge in [-0.1, -0.05) is 52.8 Å². The molecule has 0 atom stereocenters. The van der Waals surface area contributed by atoms with Crippen molar-refractivity contribution in [3.05, 3.63) is 34.9 Å². The molecule has 15 heavy (non-hydrogen) atoms. The van der Waals surface area contributed by atoms with Gasteiger partial charge in [-0.3, -0.25) is 0 Å². The fourth-order valence-electron chi connectivity index (χ4n) is 1.75. The Morgan fingerprint density at radius 3 is 2.20 bits per heavy atom. The Morgan fingerprint density at radius 2 is 1.80 bits per heavy atom. The standard InChI is InChI=1S/C14H21Cl/c1-10(2)13-7-6-12(14(3,4)5)8-11(13)9-15/h6-8,10H,9H2,1-5H3. The Hall–Kier alpha value is -0.490. The van der Waals surface area contributed by atoms with Crippen LogP contribution in [0.2, 0.25) is 0 Å². The maximum atomic E-state index is 6.00. The molecule has 1 rings (SSSR count). The third kappa shape index (κ3) is 2.98. The van der Waals surface area contributed by atoms with E-state index in [2.05, 4.69) is 52.8 Å². The molecule has 0 saturated carbocycles. The zero-order valence-electron chi connectivity index (χ0n) is 10.4. The van der Waals surface area contributed by atoms with Crippen LogP contribution in [-0.2, 0) is 11.3 Å². The van der Waals surface area contributed by atoms with E-state index in [0.717, 1.165) is 0 Å². The molecule has 0 unspecified atom stereocenters. The van der Waals surface area contributed by atoms with Gasteiger partial charge in [0.25, 0.3) is 0 Å². The number of halogens is 1. The summed E-state index contributed by atoms with van der Waals surface area (Å²) in [4.78, 5) is 0. The minimum atomic E-state index is 0.205. The topological polar surface area (TPSA) is 0 Å². The van der Waals surface area contributed by atoms with Crippen molar-refractivity contribution in [2.75, 3.05) is 0 Å². The van der Waals surface area contributed by atoms with Gasteiger partial charge in [0.2, 0.25) is 0 Å². The van der Waals surface area contributed by atoms with Gasteiger partial charge < -0.3 is 0 Å². The van der Waals surface area contributed by atoms with Crippen molar-refractivity contribution in [3.63, 3.8) is 0 Å². The molecule has 0 aliphatic carbocycles. The molecule has 0 amide bonds. The summed E-state index contributed by atoms with van der Waals surface area (Å²) in [5, 5.41) is 0. The summed E-state index contributed by atoms with van der Waals surface area (Å²) in [5.41, 5.74) is 4.22. The SMILES string of the molecule is CC(C)c1ccc(C(C)(C)C)cc1CCl. The molecule has 84 valence electrons. The van der Waals surface area contributed by atoms with Gasteiger partial charge in [-0.2, -0.15) is 0 Å². The van der Waals surface area contributed by atoms with Gasteiger partial charge in [0.05, 0.1) is 0 Å². The van der Waals surface area contributed by atoms with Crippen LogP contribution in [0.1, 0.15) is 57.2 Å². The van der Waals surface area contributed by atoms with E-state index in [0.29, 0.717) is 11.8 Å². The van der Waals surface area contributed by atoms with Crippen LogP contribution < -0.4 is 0 Å². The average Bonchev–Trinajstić information content (AvgIpc) is 2.15. The summed E-state index contributed by atoms with van der Waals surface area (Å²) >= 11 is 6.00. The van der Waals surface area contributed by atoms with E-state index in [9.17, 15) is 0 Å². The molecule has 0 nitrogen and oxygen atoms in total. The Morgan fingerprint density at radius 1 is 1.20 bits per heavy atom. The Kier molecular flexibility index (Phi) is 3.83. The van der Waals surface area contributed by atoms with E-state index in [1.807, 2.05) is 0 Å². The second-order valence-electron chi connectivity index (χ2n) is 5.45. The van der Waals surface area contributed by atoms with Gasteiger partial charge in [-0.15, -0.1) is 11.6 Å². The summed E-state index contributed by atoms with van der Waals surface area (Å²) < 4.78 is 0. The summed E-state index contributed by atoms with van der Waals surface area (Å²) in [7, 11) is 0. The monoisotopic (exact) mass is 224 g/mol. The lowest BCUT2D eigenvalue weighted by Crippen LogP contribution is -2.12. The highest BCUT2D eigenvalue weighted by Gasteiger charge is 2.15. The van der Waals surface area contributed by atoms with Gasteiger partial charge in [0.15, 0.2) is 0 Å². The predicted molar refractivity (Wildman–Crippen MR) is 68.8 cm³/mol. The third-order valence-electron chi connectivity index (χ3n) is 2.77. The van der Waals surface area contributed by atoms with E-state index < -0.39 is 0 Å². The summed E-state index contributed by atoms with van der Waals surface area (Å²) in [6.45, 7) is 11.1. The van der Waals surface area contributed by atoms with Crippen LogP contribution in [-0.4, -0.2) is 0 Å². The highest BCUT2D eigenvalue weighted by molar-refractivity contribution is 6.17. The average molecular weight is 225 g/mol. The van der Waals surface area contributed by atoms with Crippen molar-refractivity contribution >= 4 is 11.6 Å². The quantitative estimate of drug-likeness (QED) is 0.631. The molecule has 1 aromatic rings. The summed E-state index contributed by atoms with van der Waals surface area (Å²) in [5.74, 6) is 1.16. The van der Waals surface area contributed by atoms with Crippen LogP contribution in [0, 0.1) is 0 Å². The van der Waals surface area contributed by atoms with Crippen molar-refractivity contribution in [1.29, 1.82) is 0 Å². The van der Waals surface area contributed by atoms with Crippen molar-refractivity contribution in [3.8, 4) is 0 Å². The van der Waals surface area contributed by atoms with Gasteiger partial charge in [-0.25, -0.2) is 0 Å². The molecule has 0 N–H and O–H groups in total. The van der Waals surface area contributed by atoms with Crippen LogP contribution in [0.4, 0.5) is 0 Å². The fourth-order valence-corrected chi connectivity index (χ4v) is 1.98. The first-order valence-corrected chi connectivity index (χ1v) is 6.09. The predicted octanol–water partition coefficient (Wildman–Crippen LogP) is 4.85. The first-order chi connectivity index (χ1) is 6.86. The van der Waals surface area contributed by atoms with Crippen LogP contribution in [0.25, 0.3) is 0 Å². The molecule has 0 heterocycles. The highest BCUT2D eigenvalue weighted by atomic mass is 35.5. The van der Waals surface area contributed by atoms with Crippen molar-refractivity contribution in [2.45, 2.75) is 51.8 Å². The lowest BCUT2D eigenvalue weighted by atomic mass is 9.84. The molecule has 0 bridgehead atoms. The lowest BCUT2D eigenvalue weighted by Gasteiger charge is -2.21. The summed E-state index contributed by atoms with van der Waals surface area (Å²) in [6.07, 6.45) is 0. The number of rotatable bonds is 2. The van der Waals surface area contributed by atoms with Crippen molar-refractivity contribution in [2.24, 2.45) is 0 Å². The van der Waals surface area contributed by atoms with Crippen molar-refractivity contribution in [1.82, 2.24) is 0 Å². The van der Waals surface area contributed by atoms with E-state index in [1.165, 1.54) is 16.7 Å². The molecule has 0 aliphatic heterocycles. The Bertz CT molecular complexity index is 332. The first kappa shape index (κ1) is 12.6. The zero-order valence-corrected chi connectivity index (χ0v) is 11.2. The van der Waals surface area contributed by atoms with E-state index >= 15 is 0 Å². The number of benzene rings is 1. The van der Waals surface area contributed by atoms with Gasteiger partial charge >= 0.3 is 0 Å². The third-order valence-corrected chi connectivity index (χ3v) is 3.06. The zero-order chi connectivity index (χ0) is 11.6. The van der Waals surface area contributed by atoms with Crippen LogP contribution in [0.5, 0.6) is 0 Å². The van der Waals surface area contributed by atoms with Crippen LogP contribution >= 0.6 is 11.6 Å². The first-order valence-electron chi connectivity index (χ1n) is 5.55. The second-order valence-corrected chi connectivity index (χ2v) is 5.72. The molecular weight excluding hydrogens is 204 g/mol. The molecule has 0 aromatic heterocycles. The molecule has 0 aliphatic rings. The Balaban J connectivity index is 3.19. The van der Waals surface area contributed by atoms with E-state index in [-0.39, 0.29) is 5.41 Å². The molecule has 0 saturated heterocycles. The maximum Gasteiger partial charge on any atom is 0.0477 e. The summed E-state index contributed by atoms with van der Waals surface area (Å²) in [6, 6.07) is 6.71.